The van der Waals surface area contributed by atoms with E-state index in [4.69, 9.17) is 10.5 Å². The first-order valence-corrected chi connectivity index (χ1v) is 5.87. The van der Waals surface area contributed by atoms with Gasteiger partial charge in [-0.3, -0.25) is 0 Å². The third-order valence-electron chi connectivity index (χ3n) is 2.77. The number of ether oxygens (including phenoxy) is 1. The van der Waals surface area contributed by atoms with Gasteiger partial charge in [0.15, 0.2) is 0 Å². The Hall–Kier alpha value is -1.88. The molecular formula is C13H19ClN4O. The average molecular weight is 283 g/mol. The second-order valence-corrected chi connectivity index (χ2v) is 4.20. The topological polar surface area (TPSA) is 56.1 Å². The molecule has 0 aliphatic rings. The summed E-state index contributed by atoms with van der Waals surface area (Å²) in [7, 11) is 3.65. The van der Waals surface area contributed by atoms with Crippen molar-refractivity contribution in [3.63, 3.8) is 0 Å². The Morgan fingerprint density at radius 1 is 1.42 bits per heavy atom. The van der Waals surface area contributed by atoms with Crippen molar-refractivity contribution in [2.75, 3.05) is 24.7 Å². The van der Waals surface area contributed by atoms with E-state index >= 15 is 0 Å². The second kappa shape index (κ2) is 6.89. The molecule has 0 fully saturated rings. The van der Waals surface area contributed by atoms with Crippen LogP contribution in [-0.2, 0) is 13.6 Å². The third kappa shape index (κ3) is 4.06. The molecule has 0 saturated heterocycles. The van der Waals surface area contributed by atoms with Crippen molar-refractivity contribution in [1.29, 1.82) is 0 Å². The molecule has 0 unspecified atom stereocenters. The number of benzene rings is 1. The maximum atomic E-state index is 5.90. The van der Waals surface area contributed by atoms with Crippen LogP contribution in [0.25, 0.3) is 0 Å². The molecule has 1 aromatic heterocycles. The first-order chi connectivity index (χ1) is 8.69. The van der Waals surface area contributed by atoms with Crippen molar-refractivity contribution in [2.45, 2.75) is 6.54 Å². The molecule has 2 aromatic rings. The van der Waals surface area contributed by atoms with E-state index in [0.717, 1.165) is 30.2 Å². The Bertz CT molecular complexity index is 527. The molecule has 0 aliphatic carbocycles. The average Bonchev–Trinajstić information content (AvgIpc) is 2.77. The number of hydrogen-bond donors (Lipinski definition) is 2. The highest BCUT2D eigenvalue weighted by Gasteiger charge is 2.03. The Balaban J connectivity index is 0.00000180. The fourth-order valence-corrected chi connectivity index (χ4v) is 1.77. The normalized spacial score (nSPS) is 9.79. The van der Waals surface area contributed by atoms with Crippen molar-refractivity contribution in [3.05, 3.63) is 36.9 Å². The number of anilines is 2. The molecule has 3 N–H and O–H groups in total. The van der Waals surface area contributed by atoms with Crippen molar-refractivity contribution in [3.8, 4) is 5.75 Å². The van der Waals surface area contributed by atoms with Crippen LogP contribution in [-0.4, -0.2) is 18.2 Å². The number of nitrogens with zero attached hydrogens (tertiary/aromatic N) is 2. The largest absolute Gasteiger partial charge is 1.00 e. The smallest absolute Gasteiger partial charge is 0.243 e. The minimum atomic E-state index is 0. The monoisotopic (exact) mass is 282 g/mol. The quantitative estimate of drug-likeness (QED) is 0.494. The maximum absolute atomic E-state index is 5.90. The number of nitrogen functional groups attached to an aromatic ring is 1. The number of methoxy groups -OCH3 is 1. The molecule has 2 rings (SSSR count). The molecule has 1 aromatic carbocycles. The summed E-state index contributed by atoms with van der Waals surface area (Å²) >= 11 is 0. The van der Waals surface area contributed by atoms with Gasteiger partial charge in [-0.2, -0.15) is 0 Å². The van der Waals surface area contributed by atoms with Gasteiger partial charge in [0.25, 0.3) is 0 Å². The third-order valence-corrected chi connectivity index (χ3v) is 2.77. The van der Waals surface area contributed by atoms with Gasteiger partial charge >= 0.3 is 0 Å². The molecular weight excluding hydrogens is 264 g/mol. The number of imidazole rings is 1. The number of hydrogen-bond acceptors (Lipinski definition) is 3. The molecule has 0 bridgehead atoms. The fraction of sp³-hybridized carbons (Fsp3) is 0.308. The summed E-state index contributed by atoms with van der Waals surface area (Å²) in [4.78, 5) is 0. The van der Waals surface area contributed by atoms with Gasteiger partial charge in [-0.25, -0.2) is 9.13 Å². The zero-order valence-electron chi connectivity index (χ0n) is 11.1. The molecule has 0 amide bonds. The molecule has 0 radical (unpaired) electrons. The number of aryl methyl sites for hydroxylation is 1. The predicted octanol–water partition coefficient (Wildman–Crippen LogP) is -1.98. The van der Waals surface area contributed by atoms with Crippen molar-refractivity contribution in [1.82, 2.24) is 4.57 Å². The summed E-state index contributed by atoms with van der Waals surface area (Å²) in [6, 6.07) is 5.61. The van der Waals surface area contributed by atoms with Gasteiger partial charge in [-0.05, 0) is 12.1 Å². The van der Waals surface area contributed by atoms with Crippen LogP contribution in [0.15, 0.2) is 36.9 Å². The second-order valence-electron chi connectivity index (χ2n) is 4.20. The van der Waals surface area contributed by atoms with Crippen LogP contribution < -0.4 is 32.8 Å². The SMILES string of the molecule is COc1ccc(N)c(NCCn2cc[n+](C)c2)c1.[Cl-]. The van der Waals surface area contributed by atoms with Gasteiger partial charge in [0, 0.05) is 6.07 Å². The van der Waals surface area contributed by atoms with E-state index in [2.05, 4.69) is 9.88 Å². The van der Waals surface area contributed by atoms with E-state index in [9.17, 15) is 0 Å². The van der Waals surface area contributed by atoms with E-state index in [1.165, 1.54) is 0 Å². The molecule has 19 heavy (non-hydrogen) atoms. The van der Waals surface area contributed by atoms with Crippen molar-refractivity contribution in [2.24, 2.45) is 7.05 Å². The highest BCUT2D eigenvalue weighted by atomic mass is 35.5. The van der Waals surface area contributed by atoms with Crippen LogP contribution in [0.5, 0.6) is 5.75 Å². The molecule has 6 heteroatoms. The lowest BCUT2D eigenvalue weighted by Crippen LogP contribution is -3.00. The predicted molar refractivity (Wildman–Crippen MR) is 71.5 cm³/mol. The zero-order valence-corrected chi connectivity index (χ0v) is 11.9. The number of nitrogens with two attached hydrogens (primary N) is 1. The fourth-order valence-electron chi connectivity index (χ4n) is 1.77. The molecule has 1 heterocycles. The van der Waals surface area contributed by atoms with Crippen LogP contribution in [0.4, 0.5) is 11.4 Å². The van der Waals surface area contributed by atoms with Gasteiger partial charge in [-0.15, -0.1) is 0 Å². The molecule has 0 saturated carbocycles. The summed E-state index contributed by atoms with van der Waals surface area (Å²) in [5.41, 5.74) is 7.54. The highest BCUT2D eigenvalue weighted by Crippen LogP contribution is 2.23. The first-order valence-electron chi connectivity index (χ1n) is 5.87. The summed E-state index contributed by atoms with van der Waals surface area (Å²) in [5, 5.41) is 3.31. The van der Waals surface area contributed by atoms with E-state index in [1.54, 1.807) is 7.11 Å². The van der Waals surface area contributed by atoms with Gasteiger partial charge in [0.1, 0.15) is 24.7 Å². The minimum Gasteiger partial charge on any atom is -1.00 e. The van der Waals surface area contributed by atoms with Crippen molar-refractivity contribution < 1.29 is 21.7 Å². The van der Waals surface area contributed by atoms with E-state index < -0.39 is 0 Å². The number of aromatic nitrogens is 2. The van der Waals surface area contributed by atoms with Crippen LogP contribution >= 0.6 is 0 Å². The molecule has 0 atom stereocenters. The summed E-state index contributed by atoms with van der Waals surface area (Å²) < 4.78 is 9.30. The van der Waals surface area contributed by atoms with Crippen LogP contribution in [0.2, 0.25) is 0 Å². The lowest BCUT2D eigenvalue weighted by molar-refractivity contribution is -0.671. The summed E-state index contributed by atoms with van der Waals surface area (Å²) in [5.74, 6) is 0.805. The molecule has 0 spiro atoms. The number of halogens is 1. The lowest BCUT2D eigenvalue weighted by Gasteiger charge is -2.09. The zero-order chi connectivity index (χ0) is 13.0. The summed E-state index contributed by atoms with van der Waals surface area (Å²) in [6.07, 6.45) is 6.09. The van der Waals surface area contributed by atoms with E-state index in [0.29, 0.717) is 0 Å². The van der Waals surface area contributed by atoms with Gasteiger partial charge in [-0.1, -0.05) is 0 Å². The van der Waals surface area contributed by atoms with Crippen LogP contribution in [0.3, 0.4) is 0 Å². The van der Waals surface area contributed by atoms with Crippen LogP contribution in [0, 0.1) is 0 Å². The Morgan fingerprint density at radius 2 is 2.21 bits per heavy atom. The van der Waals surface area contributed by atoms with Gasteiger partial charge in [0.05, 0.1) is 32.1 Å². The Morgan fingerprint density at radius 3 is 2.84 bits per heavy atom. The van der Waals surface area contributed by atoms with Gasteiger partial charge < -0.3 is 28.2 Å². The summed E-state index contributed by atoms with van der Waals surface area (Å²) in [6.45, 7) is 1.70. The number of rotatable bonds is 5. The Kier molecular flexibility index (Phi) is 5.51. The van der Waals surface area contributed by atoms with Crippen molar-refractivity contribution >= 4 is 11.4 Å². The maximum Gasteiger partial charge on any atom is 0.243 e. The molecule has 5 nitrogen and oxygen atoms in total. The molecule has 104 valence electrons. The highest BCUT2D eigenvalue weighted by molar-refractivity contribution is 5.68. The number of nitrogens with one attached hydrogen (secondary N) is 1. The van der Waals surface area contributed by atoms with E-state index in [1.807, 2.05) is 48.5 Å². The first kappa shape index (κ1) is 15.2. The lowest BCUT2D eigenvalue weighted by atomic mass is 10.2. The Labute approximate surface area is 119 Å². The minimum absolute atomic E-state index is 0. The van der Waals surface area contributed by atoms with Crippen LogP contribution in [0.1, 0.15) is 0 Å². The standard InChI is InChI=1S/C13H19N4O.ClH/c1-16-7-8-17(10-16)6-5-15-13-9-11(18-2)3-4-12(13)14;/h3-4,7-10,15H,5-6,14H2,1-2H3;1H/q+1;/p-1. The molecule has 0 aliphatic heterocycles. The van der Waals surface area contributed by atoms with E-state index in [-0.39, 0.29) is 12.4 Å². The van der Waals surface area contributed by atoms with Gasteiger partial charge in [0.2, 0.25) is 6.33 Å².